The van der Waals surface area contributed by atoms with Gasteiger partial charge in [0.1, 0.15) is 18.7 Å². The summed E-state index contributed by atoms with van der Waals surface area (Å²) in [5, 5.41) is 5.05. The Kier molecular flexibility index (Phi) is 10.7. The van der Waals surface area contributed by atoms with Crippen LogP contribution < -0.4 is 10.6 Å². The Balaban J connectivity index is 2.72. The van der Waals surface area contributed by atoms with Gasteiger partial charge < -0.3 is 24.8 Å². The van der Waals surface area contributed by atoms with E-state index in [0.717, 1.165) is 11.6 Å². The first kappa shape index (κ1) is 24.7. The molecule has 2 atom stereocenters. The van der Waals surface area contributed by atoms with Crippen LogP contribution in [0.4, 0.5) is 4.79 Å². The van der Waals surface area contributed by atoms with Crippen molar-refractivity contribution in [1.29, 1.82) is 0 Å². The summed E-state index contributed by atoms with van der Waals surface area (Å²) in [7, 11) is 2.41. The standard InChI is InChI=1S/C21H28N2O7/c1-14(2)18(23-21(27)30-13-15-9-6-5-7-10-15)19(25)22-16(20(26)29-4)11-8-12-17(24)28-3/h5-10,12,14,16,18H,11,13H2,1-4H3,(H,22,25)(H,23,27)/b12-8+/t16-,18+/m1/s1. The van der Waals surface area contributed by atoms with Crippen molar-refractivity contribution >= 4 is 23.9 Å². The first-order valence-corrected chi connectivity index (χ1v) is 9.38. The number of hydrogen-bond donors (Lipinski definition) is 2. The number of esters is 2. The summed E-state index contributed by atoms with van der Waals surface area (Å²) in [6.07, 6.45) is 1.78. The van der Waals surface area contributed by atoms with E-state index in [4.69, 9.17) is 9.47 Å². The predicted molar refractivity (Wildman–Crippen MR) is 108 cm³/mol. The van der Waals surface area contributed by atoms with Crippen LogP contribution in [0.25, 0.3) is 0 Å². The highest BCUT2D eigenvalue weighted by atomic mass is 16.5. The minimum absolute atomic E-state index is 0.0107. The molecule has 30 heavy (non-hydrogen) atoms. The monoisotopic (exact) mass is 420 g/mol. The van der Waals surface area contributed by atoms with Crippen LogP contribution in [0.1, 0.15) is 25.8 Å². The quantitative estimate of drug-likeness (QED) is 0.336. The van der Waals surface area contributed by atoms with Crippen LogP contribution in [0, 0.1) is 5.92 Å². The zero-order valence-corrected chi connectivity index (χ0v) is 17.5. The van der Waals surface area contributed by atoms with Gasteiger partial charge in [-0.2, -0.15) is 0 Å². The Labute approximate surface area is 175 Å². The highest BCUT2D eigenvalue weighted by Gasteiger charge is 2.29. The van der Waals surface area contributed by atoms with Crippen LogP contribution in [0.5, 0.6) is 0 Å². The van der Waals surface area contributed by atoms with Crippen LogP contribution in [0.3, 0.4) is 0 Å². The molecule has 0 saturated heterocycles. The lowest BCUT2D eigenvalue weighted by Gasteiger charge is -2.24. The lowest BCUT2D eigenvalue weighted by molar-refractivity contribution is -0.145. The molecule has 0 bridgehead atoms. The maximum atomic E-state index is 12.7. The van der Waals surface area contributed by atoms with Crippen LogP contribution in [0.15, 0.2) is 42.5 Å². The second-order valence-corrected chi connectivity index (χ2v) is 6.67. The third-order valence-corrected chi connectivity index (χ3v) is 4.06. The molecule has 0 aliphatic heterocycles. The summed E-state index contributed by atoms with van der Waals surface area (Å²) < 4.78 is 14.3. The van der Waals surface area contributed by atoms with Gasteiger partial charge in [-0.05, 0) is 17.9 Å². The molecule has 9 heteroatoms. The minimum Gasteiger partial charge on any atom is -0.467 e. The summed E-state index contributed by atoms with van der Waals surface area (Å²) in [5.74, 6) is -2.14. The van der Waals surface area contributed by atoms with Crippen molar-refractivity contribution in [3.63, 3.8) is 0 Å². The lowest BCUT2D eigenvalue weighted by Crippen LogP contribution is -2.53. The van der Waals surface area contributed by atoms with Gasteiger partial charge in [0.15, 0.2) is 0 Å². The van der Waals surface area contributed by atoms with Crippen LogP contribution in [-0.4, -0.2) is 50.2 Å². The molecule has 0 aliphatic carbocycles. The molecule has 2 amide bonds. The van der Waals surface area contributed by atoms with Crippen molar-refractivity contribution in [3.8, 4) is 0 Å². The molecule has 0 fully saturated rings. The van der Waals surface area contributed by atoms with E-state index in [9.17, 15) is 19.2 Å². The van der Waals surface area contributed by atoms with Gasteiger partial charge in [0.25, 0.3) is 0 Å². The van der Waals surface area contributed by atoms with Gasteiger partial charge in [-0.25, -0.2) is 14.4 Å². The molecule has 0 saturated carbocycles. The molecular formula is C21H28N2O7. The second-order valence-electron chi connectivity index (χ2n) is 6.67. The molecule has 2 N–H and O–H groups in total. The van der Waals surface area contributed by atoms with E-state index >= 15 is 0 Å². The molecular weight excluding hydrogens is 392 g/mol. The number of benzene rings is 1. The number of amides is 2. The maximum Gasteiger partial charge on any atom is 0.408 e. The van der Waals surface area contributed by atoms with Crippen LogP contribution >= 0.6 is 0 Å². The smallest absolute Gasteiger partial charge is 0.408 e. The average Bonchev–Trinajstić information content (AvgIpc) is 2.74. The molecule has 0 radical (unpaired) electrons. The first-order valence-electron chi connectivity index (χ1n) is 9.38. The number of carbonyl (C=O) groups excluding carboxylic acids is 4. The number of rotatable bonds is 10. The van der Waals surface area contributed by atoms with Gasteiger partial charge in [0, 0.05) is 6.08 Å². The maximum absolute atomic E-state index is 12.7. The van der Waals surface area contributed by atoms with E-state index in [-0.39, 0.29) is 18.9 Å². The molecule has 1 aromatic carbocycles. The zero-order valence-electron chi connectivity index (χ0n) is 17.5. The van der Waals surface area contributed by atoms with Crippen LogP contribution in [0.2, 0.25) is 0 Å². The normalized spacial score (nSPS) is 12.7. The molecule has 9 nitrogen and oxygen atoms in total. The van der Waals surface area contributed by atoms with E-state index in [1.807, 2.05) is 30.3 Å². The summed E-state index contributed by atoms with van der Waals surface area (Å²) in [6.45, 7) is 3.54. The fourth-order valence-corrected chi connectivity index (χ4v) is 2.41. The number of carbonyl (C=O) groups is 4. The van der Waals surface area contributed by atoms with Gasteiger partial charge >= 0.3 is 18.0 Å². The first-order chi connectivity index (χ1) is 14.3. The van der Waals surface area contributed by atoms with Gasteiger partial charge in [0.2, 0.25) is 5.91 Å². The van der Waals surface area contributed by atoms with Gasteiger partial charge in [-0.3, -0.25) is 4.79 Å². The Hall–Kier alpha value is -3.36. The third-order valence-electron chi connectivity index (χ3n) is 4.06. The van der Waals surface area contributed by atoms with E-state index < -0.39 is 36.0 Å². The molecule has 0 aliphatic rings. The van der Waals surface area contributed by atoms with Gasteiger partial charge in [-0.1, -0.05) is 50.3 Å². The largest absolute Gasteiger partial charge is 0.467 e. The topological polar surface area (TPSA) is 120 Å². The Morgan fingerprint density at radius 2 is 1.67 bits per heavy atom. The summed E-state index contributed by atoms with van der Waals surface area (Å²) >= 11 is 0. The molecule has 1 rings (SSSR count). The molecule has 0 heterocycles. The van der Waals surface area contributed by atoms with Crippen molar-refractivity contribution < 1.29 is 33.4 Å². The average molecular weight is 420 g/mol. The van der Waals surface area contributed by atoms with Crippen molar-refractivity contribution in [2.45, 2.75) is 39.0 Å². The van der Waals surface area contributed by atoms with Gasteiger partial charge in [0.05, 0.1) is 14.2 Å². The predicted octanol–water partition coefficient (Wildman–Crippen LogP) is 1.71. The Morgan fingerprint density at radius 3 is 2.23 bits per heavy atom. The number of ether oxygens (including phenoxy) is 3. The van der Waals surface area contributed by atoms with Crippen molar-refractivity contribution in [2.75, 3.05) is 14.2 Å². The SMILES string of the molecule is COC(=O)/C=C/C[C@@H](NC(=O)[C@@H](NC(=O)OCc1ccccc1)C(C)C)C(=O)OC. The van der Waals surface area contributed by atoms with E-state index in [2.05, 4.69) is 15.4 Å². The van der Waals surface area contributed by atoms with E-state index in [1.165, 1.54) is 20.3 Å². The van der Waals surface area contributed by atoms with Crippen molar-refractivity contribution in [3.05, 3.63) is 48.0 Å². The second kappa shape index (κ2) is 13.0. The fourth-order valence-electron chi connectivity index (χ4n) is 2.41. The van der Waals surface area contributed by atoms with E-state index in [1.54, 1.807) is 13.8 Å². The number of hydrogen-bond acceptors (Lipinski definition) is 7. The third kappa shape index (κ3) is 8.76. The van der Waals surface area contributed by atoms with Crippen LogP contribution in [-0.2, 0) is 35.2 Å². The zero-order chi connectivity index (χ0) is 22.5. The van der Waals surface area contributed by atoms with E-state index in [0.29, 0.717) is 0 Å². The number of alkyl carbamates (subject to hydrolysis) is 1. The number of nitrogens with one attached hydrogen (secondary N) is 2. The summed E-state index contributed by atoms with van der Waals surface area (Å²) in [4.78, 5) is 47.9. The molecule has 164 valence electrons. The highest BCUT2D eigenvalue weighted by molar-refractivity contribution is 5.90. The summed E-state index contributed by atoms with van der Waals surface area (Å²) in [5.41, 5.74) is 0.807. The molecule has 0 unspecified atom stereocenters. The molecule has 0 spiro atoms. The molecule has 1 aromatic rings. The Bertz CT molecular complexity index is 747. The van der Waals surface area contributed by atoms with Gasteiger partial charge in [-0.15, -0.1) is 0 Å². The van der Waals surface area contributed by atoms with Crippen molar-refractivity contribution in [2.24, 2.45) is 5.92 Å². The number of methoxy groups -OCH3 is 2. The Morgan fingerprint density at radius 1 is 1.00 bits per heavy atom. The fraction of sp³-hybridized carbons (Fsp3) is 0.429. The minimum atomic E-state index is -1.04. The lowest BCUT2D eigenvalue weighted by atomic mass is 10.0. The summed E-state index contributed by atoms with van der Waals surface area (Å²) in [6, 6.07) is 7.13. The van der Waals surface area contributed by atoms with Crippen molar-refractivity contribution in [1.82, 2.24) is 10.6 Å². The highest BCUT2D eigenvalue weighted by Crippen LogP contribution is 2.07. The molecule has 0 aromatic heterocycles.